The van der Waals surface area contributed by atoms with E-state index in [1.54, 1.807) is 18.2 Å². The molecule has 0 heterocycles. The maximum atomic E-state index is 9.87. The molecule has 0 spiro atoms. The van der Waals surface area contributed by atoms with Gasteiger partial charge in [0.05, 0.1) is 5.69 Å². The summed E-state index contributed by atoms with van der Waals surface area (Å²) in [6.45, 7) is 0.330. The van der Waals surface area contributed by atoms with E-state index in [0.717, 1.165) is 0 Å². The Balaban J connectivity index is 2.82. The van der Waals surface area contributed by atoms with Crippen LogP contribution in [-0.4, -0.2) is 11.7 Å². The Hall–Kier alpha value is -1.55. The van der Waals surface area contributed by atoms with E-state index in [-0.39, 0.29) is 0 Å². The van der Waals surface area contributed by atoms with Crippen LogP contribution < -0.4 is 10.2 Å². The number of benzene rings is 1. The van der Waals surface area contributed by atoms with Crippen molar-refractivity contribution in [2.75, 3.05) is 5.48 Å². The Kier molecular flexibility index (Phi) is 2.46. The van der Waals surface area contributed by atoms with Crippen LogP contribution in [0.5, 0.6) is 5.75 Å². The third-order valence-corrected chi connectivity index (χ3v) is 1.15. The van der Waals surface area contributed by atoms with Crippen molar-refractivity contribution in [1.29, 1.82) is 0 Å². The first-order valence-electron chi connectivity index (χ1n) is 2.97. The third-order valence-electron chi connectivity index (χ3n) is 1.15. The van der Waals surface area contributed by atoms with Crippen molar-refractivity contribution in [3.63, 3.8) is 0 Å². The third kappa shape index (κ3) is 1.94. The average Bonchev–Trinajstić information content (AvgIpc) is 2.06. The number of rotatable bonds is 3. The molecule has 2 N–H and O–H groups in total. The summed E-state index contributed by atoms with van der Waals surface area (Å²) in [6, 6.07) is 6.39. The van der Waals surface area contributed by atoms with Crippen LogP contribution in [-0.2, 0) is 4.79 Å². The van der Waals surface area contributed by atoms with Crippen LogP contribution in [0.2, 0.25) is 0 Å². The molecule has 0 atom stereocenters. The lowest BCUT2D eigenvalue weighted by atomic mass is 10.3. The zero-order valence-electron chi connectivity index (χ0n) is 5.65. The molecule has 0 unspecified atom stereocenters. The van der Waals surface area contributed by atoms with Gasteiger partial charge in [0, 0.05) is 6.07 Å². The fourth-order valence-corrected chi connectivity index (χ4v) is 0.695. The van der Waals surface area contributed by atoms with E-state index < -0.39 is 0 Å². The molecule has 1 aromatic carbocycles. The maximum Gasteiger partial charge on any atom is 0.298 e. The number of hydrogen-bond donors (Lipinski definition) is 2. The molecular weight excluding hydrogens is 146 g/mol. The monoisotopic (exact) mass is 153 g/mol. The van der Waals surface area contributed by atoms with Gasteiger partial charge in [-0.25, -0.2) is 0 Å². The molecule has 4 nitrogen and oxygen atoms in total. The van der Waals surface area contributed by atoms with Crippen molar-refractivity contribution in [3.05, 3.63) is 24.3 Å². The van der Waals surface area contributed by atoms with E-state index >= 15 is 0 Å². The molecule has 58 valence electrons. The van der Waals surface area contributed by atoms with Crippen LogP contribution in [0.25, 0.3) is 0 Å². The average molecular weight is 153 g/mol. The highest BCUT2D eigenvalue weighted by molar-refractivity contribution is 5.51. The lowest BCUT2D eigenvalue weighted by molar-refractivity contribution is -0.120. The number of anilines is 1. The molecule has 4 heteroatoms. The van der Waals surface area contributed by atoms with Crippen LogP contribution in [0.4, 0.5) is 5.69 Å². The van der Waals surface area contributed by atoms with Crippen LogP contribution >= 0.6 is 0 Å². The second kappa shape index (κ2) is 3.58. The molecule has 0 radical (unpaired) electrons. The lowest BCUT2D eigenvalue weighted by Gasteiger charge is -1.99. The van der Waals surface area contributed by atoms with E-state index in [0.29, 0.717) is 17.9 Å². The minimum absolute atomic E-state index is 0.330. The van der Waals surface area contributed by atoms with Gasteiger partial charge in [-0.1, -0.05) is 6.07 Å². The molecule has 0 aliphatic heterocycles. The van der Waals surface area contributed by atoms with Crippen molar-refractivity contribution in [2.24, 2.45) is 0 Å². The highest BCUT2D eigenvalue weighted by Crippen LogP contribution is 2.15. The van der Waals surface area contributed by atoms with Crippen molar-refractivity contribution in [2.45, 2.75) is 0 Å². The van der Waals surface area contributed by atoms with Gasteiger partial charge in [-0.15, -0.1) is 0 Å². The molecule has 1 rings (SSSR count). The van der Waals surface area contributed by atoms with Crippen LogP contribution in [0, 0.1) is 0 Å². The van der Waals surface area contributed by atoms with E-state index in [1.165, 1.54) is 6.07 Å². The normalized spacial score (nSPS) is 8.82. The number of nitrogens with one attached hydrogen (secondary N) is 1. The zero-order valence-corrected chi connectivity index (χ0v) is 5.65. The summed E-state index contributed by atoms with van der Waals surface area (Å²) in [5, 5.41) is 8.44. The molecule has 0 fully saturated rings. The Bertz CT molecular complexity index is 249. The predicted octanol–water partition coefficient (Wildman–Crippen LogP) is 1.02. The van der Waals surface area contributed by atoms with Gasteiger partial charge in [0.25, 0.3) is 6.47 Å². The van der Waals surface area contributed by atoms with Crippen LogP contribution in [0.15, 0.2) is 24.3 Å². The molecule has 1 aromatic rings. The summed E-state index contributed by atoms with van der Waals surface area (Å²) < 4.78 is 4.52. The Labute approximate surface area is 63.4 Å². The fourth-order valence-electron chi connectivity index (χ4n) is 0.695. The second-order valence-electron chi connectivity index (χ2n) is 1.85. The summed E-state index contributed by atoms with van der Waals surface area (Å²) >= 11 is 0. The predicted molar refractivity (Wildman–Crippen MR) is 38.5 cm³/mol. The van der Waals surface area contributed by atoms with Gasteiger partial charge in [0.15, 0.2) is 0 Å². The maximum absolute atomic E-state index is 9.87. The summed E-state index contributed by atoms with van der Waals surface area (Å²) in [7, 11) is 0. The molecule has 0 saturated heterocycles. The zero-order chi connectivity index (χ0) is 8.10. The smallest absolute Gasteiger partial charge is 0.298 e. The van der Waals surface area contributed by atoms with Crippen molar-refractivity contribution in [3.8, 4) is 5.75 Å². The van der Waals surface area contributed by atoms with Gasteiger partial charge >= 0.3 is 0 Å². The molecule has 0 aliphatic rings. The molecule has 0 saturated carbocycles. The minimum atomic E-state index is 0.330. The van der Waals surface area contributed by atoms with E-state index in [4.69, 9.17) is 5.21 Å². The van der Waals surface area contributed by atoms with Gasteiger partial charge in [0.2, 0.25) is 0 Å². The fraction of sp³-hybridized carbons (Fsp3) is 0. The Morgan fingerprint density at radius 2 is 2.36 bits per heavy atom. The van der Waals surface area contributed by atoms with Gasteiger partial charge in [-0.3, -0.25) is 15.5 Å². The number of carbonyl (C=O) groups is 1. The Morgan fingerprint density at radius 3 is 3.00 bits per heavy atom. The highest BCUT2D eigenvalue weighted by atomic mass is 16.5. The minimum Gasteiger partial charge on any atom is -0.429 e. The lowest BCUT2D eigenvalue weighted by Crippen LogP contribution is -1.91. The SMILES string of the molecule is O=COc1cccc(NO)c1. The summed E-state index contributed by atoms with van der Waals surface area (Å²) in [4.78, 5) is 9.87. The van der Waals surface area contributed by atoms with Crippen molar-refractivity contribution in [1.82, 2.24) is 0 Å². The number of ether oxygens (including phenoxy) is 1. The molecular formula is C7H7NO3. The summed E-state index contributed by atoms with van der Waals surface area (Å²) in [5.74, 6) is 0.388. The molecule has 11 heavy (non-hydrogen) atoms. The van der Waals surface area contributed by atoms with Crippen LogP contribution in [0.1, 0.15) is 0 Å². The quantitative estimate of drug-likeness (QED) is 0.502. The van der Waals surface area contributed by atoms with Gasteiger partial charge in [-0.05, 0) is 12.1 Å². The number of hydrogen-bond acceptors (Lipinski definition) is 4. The molecule has 0 aromatic heterocycles. The van der Waals surface area contributed by atoms with Gasteiger partial charge in [0.1, 0.15) is 5.75 Å². The van der Waals surface area contributed by atoms with Gasteiger partial charge in [-0.2, -0.15) is 0 Å². The number of carbonyl (C=O) groups excluding carboxylic acids is 1. The van der Waals surface area contributed by atoms with E-state index in [2.05, 4.69) is 4.74 Å². The van der Waals surface area contributed by atoms with E-state index in [1.807, 2.05) is 5.48 Å². The van der Waals surface area contributed by atoms with E-state index in [9.17, 15) is 4.79 Å². The van der Waals surface area contributed by atoms with Crippen molar-refractivity contribution >= 4 is 12.2 Å². The Morgan fingerprint density at radius 1 is 1.55 bits per heavy atom. The van der Waals surface area contributed by atoms with Crippen molar-refractivity contribution < 1.29 is 14.7 Å². The van der Waals surface area contributed by atoms with Gasteiger partial charge < -0.3 is 4.74 Å². The van der Waals surface area contributed by atoms with Crippen LogP contribution in [0.3, 0.4) is 0 Å². The largest absolute Gasteiger partial charge is 0.429 e. The first-order valence-corrected chi connectivity index (χ1v) is 2.97. The molecule has 0 amide bonds. The molecule has 0 aliphatic carbocycles. The first-order chi connectivity index (χ1) is 5.36. The second-order valence-corrected chi connectivity index (χ2v) is 1.85. The summed E-state index contributed by atoms with van der Waals surface area (Å²) in [5.41, 5.74) is 2.41. The first kappa shape index (κ1) is 7.56. The highest BCUT2D eigenvalue weighted by Gasteiger charge is 1.92. The summed E-state index contributed by atoms with van der Waals surface area (Å²) in [6.07, 6.45) is 0. The molecule has 0 bridgehead atoms. The topological polar surface area (TPSA) is 58.6 Å². The standard InChI is InChI=1S/C7H7NO3/c9-5-11-7-3-1-2-6(4-7)8-10/h1-5,8,10H.